The number of fused-ring (bicyclic) bond motifs is 1. The molecule has 29 heavy (non-hydrogen) atoms. The quantitative estimate of drug-likeness (QED) is 0.732. The minimum Gasteiger partial charge on any atom is -0.465 e. The van der Waals surface area contributed by atoms with Gasteiger partial charge in [0.1, 0.15) is 5.82 Å². The maximum absolute atomic E-state index is 11.8. The molecule has 8 heteroatoms. The molecule has 8 nitrogen and oxygen atoms in total. The smallest absolute Gasteiger partial charge is 0.407 e. The van der Waals surface area contributed by atoms with E-state index in [1.807, 2.05) is 24.3 Å². The van der Waals surface area contributed by atoms with Gasteiger partial charge < -0.3 is 25.5 Å². The lowest BCUT2D eigenvalue weighted by Gasteiger charge is -2.46. The SMILES string of the molecule is CC(C)(C)C1CN(c2nc(NC3CCNC3)nc3ccccc23)CCN1C(=O)O. The summed E-state index contributed by atoms with van der Waals surface area (Å²) in [4.78, 5) is 25.2. The lowest BCUT2D eigenvalue weighted by Crippen LogP contribution is -2.59. The molecular formula is C21H30N6O2. The van der Waals surface area contributed by atoms with Gasteiger partial charge >= 0.3 is 6.09 Å². The van der Waals surface area contributed by atoms with E-state index in [0.29, 0.717) is 31.6 Å². The maximum atomic E-state index is 11.8. The lowest BCUT2D eigenvalue weighted by atomic mass is 9.84. The average molecular weight is 399 g/mol. The summed E-state index contributed by atoms with van der Waals surface area (Å²) in [7, 11) is 0. The highest BCUT2D eigenvalue weighted by Crippen LogP contribution is 2.32. The second kappa shape index (κ2) is 7.67. The van der Waals surface area contributed by atoms with Crippen molar-refractivity contribution in [2.45, 2.75) is 39.3 Å². The van der Waals surface area contributed by atoms with Crippen molar-refractivity contribution in [3.63, 3.8) is 0 Å². The van der Waals surface area contributed by atoms with Crippen molar-refractivity contribution >= 4 is 28.8 Å². The van der Waals surface area contributed by atoms with Gasteiger partial charge in [-0.3, -0.25) is 0 Å². The van der Waals surface area contributed by atoms with Crippen molar-refractivity contribution in [2.24, 2.45) is 5.41 Å². The molecule has 0 bridgehead atoms. The van der Waals surface area contributed by atoms with Gasteiger partial charge in [0.05, 0.1) is 11.6 Å². The van der Waals surface area contributed by atoms with E-state index >= 15 is 0 Å². The molecule has 2 unspecified atom stereocenters. The molecule has 1 aromatic carbocycles. The maximum Gasteiger partial charge on any atom is 0.407 e. The number of carbonyl (C=O) groups is 1. The van der Waals surface area contributed by atoms with Gasteiger partial charge in [-0.05, 0) is 30.5 Å². The van der Waals surface area contributed by atoms with Gasteiger partial charge in [0.2, 0.25) is 5.95 Å². The number of aromatic nitrogens is 2. The van der Waals surface area contributed by atoms with Crippen molar-refractivity contribution in [2.75, 3.05) is 42.9 Å². The first-order valence-electron chi connectivity index (χ1n) is 10.3. The zero-order chi connectivity index (χ0) is 20.6. The Morgan fingerprint density at radius 1 is 1.24 bits per heavy atom. The minimum atomic E-state index is -0.854. The van der Waals surface area contributed by atoms with E-state index in [2.05, 4.69) is 36.3 Å². The number of amides is 1. The van der Waals surface area contributed by atoms with E-state index in [-0.39, 0.29) is 11.5 Å². The van der Waals surface area contributed by atoms with Crippen LogP contribution in [-0.4, -0.2) is 70.9 Å². The summed E-state index contributed by atoms with van der Waals surface area (Å²) in [5, 5.41) is 17.5. The zero-order valence-corrected chi connectivity index (χ0v) is 17.4. The fraction of sp³-hybridized carbons (Fsp3) is 0.571. The molecule has 2 atom stereocenters. The fourth-order valence-electron chi connectivity index (χ4n) is 4.27. The summed E-state index contributed by atoms with van der Waals surface area (Å²) < 4.78 is 0. The highest BCUT2D eigenvalue weighted by Gasteiger charge is 2.38. The number of hydrogen-bond donors (Lipinski definition) is 3. The molecule has 2 aromatic rings. The highest BCUT2D eigenvalue weighted by atomic mass is 16.4. The van der Waals surface area contributed by atoms with Gasteiger partial charge in [0.15, 0.2) is 0 Å². The fourth-order valence-corrected chi connectivity index (χ4v) is 4.27. The van der Waals surface area contributed by atoms with Crippen LogP contribution in [0.3, 0.4) is 0 Å². The van der Waals surface area contributed by atoms with Gasteiger partial charge in [0.25, 0.3) is 0 Å². The van der Waals surface area contributed by atoms with Crippen molar-refractivity contribution in [1.82, 2.24) is 20.2 Å². The average Bonchev–Trinajstić information content (AvgIpc) is 3.19. The first kappa shape index (κ1) is 19.7. The number of anilines is 2. The number of nitrogens with zero attached hydrogens (tertiary/aromatic N) is 4. The predicted octanol–water partition coefficient (Wildman–Crippen LogP) is 2.62. The summed E-state index contributed by atoms with van der Waals surface area (Å²) in [6.07, 6.45) is 0.197. The summed E-state index contributed by atoms with van der Waals surface area (Å²) in [6, 6.07) is 8.25. The number of hydrogen-bond acceptors (Lipinski definition) is 6. The van der Waals surface area contributed by atoms with Gasteiger partial charge in [-0.25, -0.2) is 9.78 Å². The topological polar surface area (TPSA) is 93.6 Å². The number of carboxylic acid groups (broad SMARTS) is 1. The third kappa shape index (κ3) is 4.07. The summed E-state index contributed by atoms with van der Waals surface area (Å²) >= 11 is 0. The van der Waals surface area contributed by atoms with E-state index < -0.39 is 6.09 Å². The Morgan fingerprint density at radius 2 is 2.03 bits per heavy atom. The third-order valence-electron chi connectivity index (χ3n) is 5.90. The predicted molar refractivity (Wildman–Crippen MR) is 115 cm³/mol. The molecular weight excluding hydrogens is 368 g/mol. The highest BCUT2D eigenvalue weighted by molar-refractivity contribution is 5.90. The molecule has 1 amide bonds. The Labute approximate surface area is 171 Å². The molecule has 4 rings (SSSR count). The number of benzene rings is 1. The molecule has 3 N–H and O–H groups in total. The molecule has 1 aromatic heterocycles. The van der Waals surface area contributed by atoms with Crippen LogP contribution in [0, 0.1) is 5.41 Å². The Kier molecular flexibility index (Phi) is 5.21. The lowest BCUT2D eigenvalue weighted by molar-refractivity contribution is 0.0747. The summed E-state index contributed by atoms with van der Waals surface area (Å²) in [5.41, 5.74) is 0.732. The van der Waals surface area contributed by atoms with E-state index in [9.17, 15) is 9.90 Å². The number of rotatable bonds is 3. The summed E-state index contributed by atoms with van der Waals surface area (Å²) in [6.45, 7) is 9.88. The van der Waals surface area contributed by atoms with Crippen LogP contribution in [0.15, 0.2) is 24.3 Å². The van der Waals surface area contributed by atoms with Crippen LogP contribution in [0.2, 0.25) is 0 Å². The van der Waals surface area contributed by atoms with Crippen LogP contribution in [0.1, 0.15) is 27.2 Å². The van der Waals surface area contributed by atoms with Crippen LogP contribution in [0.25, 0.3) is 10.9 Å². The van der Waals surface area contributed by atoms with Crippen LogP contribution < -0.4 is 15.5 Å². The van der Waals surface area contributed by atoms with E-state index in [0.717, 1.165) is 36.2 Å². The first-order chi connectivity index (χ1) is 13.8. The molecule has 3 heterocycles. The number of piperazine rings is 1. The molecule has 2 aliphatic rings. The molecule has 0 spiro atoms. The first-order valence-corrected chi connectivity index (χ1v) is 10.3. The van der Waals surface area contributed by atoms with Crippen LogP contribution in [0.4, 0.5) is 16.6 Å². The van der Waals surface area contributed by atoms with E-state index in [1.54, 1.807) is 4.90 Å². The Morgan fingerprint density at radius 3 is 2.72 bits per heavy atom. The van der Waals surface area contributed by atoms with Gasteiger partial charge in [0, 0.05) is 37.6 Å². The van der Waals surface area contributed by atoms with Gasteiger partial charge in [-0.2, -0.15) is 4.98 Å². The Balaban J connectivity index is 1.69. The van der Waals surface area contributed by atoms with Crippen LogP contribution in [0.5, 0.6) is 0 Å². The van der Waals surface area contributed by atoms with Crippen molar-refractivity contribution < 1.29 is 9.90 Å². The van der Waals surface area contributed by atoms with Crippen molar-refractivity contribution in [3.05, 3.63) is 24.3 Å². The number of para-hydroxylation sites is 1. The normalized spacial score (nSPS) is 22.9. The molecule has 0 aliphatic carbocycles. The van der Waals surface area contributed by atoms with E-state index in [1.165, 1.54) is 0 Å². The monoisotopic (exact) mass is 398 g/mol. The Hall–Kier alpha value is -2.61. The molecule has 2 fully saturated rings. The van der Waals surface area contributed by atoms with Crippen molar-refractivity contribution in [3.8, 4) is 0 Å². The largest absolute Gasteiger partial charge is 0.465 e. The molecule has 156 valence electrons. The summed E-state index contributed by atoms with van der Waals surface area (Å²) in [5.74, 6) is 1.52. The molecule has 0 saturated carbocycles. The second-order valence-electron chi connectivity index (χ2n) is 9.03. The van der Waals surface area contributed by atoms with Crippen LogP contribution in [-0.2, 0) is 0 Å². The minimum absolute atomic E-state index is 0.113. The third-order valence-corrected chi connectivity index (χ3v) is 5.90. The van der Waals surface area contributed by atoms with Crippen LogP contribution >= 0.6 is 0 Å². The standard InChI is InChI=1S/C21H30N6O2/c1-21(2,3)17-13-26(10-11-27(17)20(28)29)18-15-6-4-5-7-16(15)24-19(25-18)23-14-8-9-22-12-14/h4-7,14,17,22H,8-13H2,1-3H3,(H,28,29)(H,23,24,25). The Bertz CT molecular complexity index is 890. The van der Waals surface area contributed by atoms with Gasteiger partial charge in [-0.15, -0.1) is 0 Å². The van der Waals surface area contributed by atoms with Crippen molar-refractivity contribution in [1.29, 1.82) is 0 Å². The molecule has 0 radical (unpaired) electrons. The second-order valence-corrected chi connectivity index (χ2v) is 9.03. The zero-order valence-electron chi connectivity index (χ0n) is 17.4. The van der Waals surface area contributed by atoms with E-state index in [4.69, 9.17) is 9.97 Å². The molecule has 2 aliphatic heterocycles. The van der Waals surface area contributed by atoms with Gasteiger partial charge in [-0.1, -0.05) is 32.9 Å². The number of nitrogens with one attached hydrogen (secondary N) is 2. The molecule has 2 saturated heterocycles.